The van der Waals surface area contributed by atoms with Gasteiger partial charge in [0.1, 0.15) is 18.4 Å². The molecule has 5 heteroatoms. The van der Waals surface area contributed by atoms with Crippen LogP contribution in [0, 0.1) is 6.92 Å². The second-order valence-corrected chi connectivity index (χ2v) is 6.31. The highest BCUT2D eigenvalue weighted by atomic mass is 16.5. The SMILES string of the molecule is Cc1ccccc1NC(=O)C(C)Nc1cccc(OCc2ccccn2)c1. The van der Waals surface area contributed by atoms with Gasteiger partial charge >= 0.3 is 0 Å². The van der Waals surface area contributed by atoms with Crippen LogP contribution in [0.5, 0.6) is 5.75 Å². The van der Waals surface area contributed by atoms with Gasteiger partial charge in [-0.1, -0.05) is 30.3 Å². The zero-order chi connectivity index (χ0) is 19.1. The van der Waals surface area contributed by atoms with Crippen LogP contribution in [0.2, 0.25) is 0 Å². The summed E-state index contributed by atoms with van der Waals surface area (Å²) >= 11 is 0. The first-order chi connectivity index (χ1) is 13.1. The van der Waals surface area contributed by atoms with Gasteiger partial charge in [0.2, 0.25) is 5.91 Å². The van der Waals surface area contributed by atoms with Gasteiger partial charge < -0.3 is 15.4 Å². The molecule has 1 heterocycles. The number of benzene rings is 2. The van der Waals surface area contributed by atoms with E-state index >= 15 is 0 Å². The zero-order valence-electron chi connectivity index (χ0n) is 15.5. The number of aryl methyl sites for hydroxylation is 1. The van der Waals surface area contributed by atoms with E-state index in [9.17, 15) is 4.79 Å². The normalized spacial score (nSPS) is 11.5. The molecule has 2 aromatic carbocycles. The molecule has 0 spiro atoms. The summed E-state index contributed by atoms with van der Waals surface area (Å²) in [6, 6.07) is 20.6. The van der Waals surface area contributed by atoms with Gasteiger partial charge in [-0.05, 0) is 49.7 Å². The van der Waals surface area contributed by atoms with Gasteiger partial charge in [0.25, 0.3) is 0 Å². The maximum absolute atomic E-state index is 12.5. The Morgan fingerprint density at radius 3 is 2.67 bits per heavy atom. The second-order valence-electron chi connectivity index (χ2n) is 6.31. The Balaban J connectivity index is 1.58. The van der Waals surface area contributed by atoms with Crippen LogP contribution in [-0.2, 0) is 11.4 Å². The van der Waals surface area contributed by atoms with Crippen molar-refractivity contribution < 1.29 is 9.53 Å². The van der Waals surface area contributed by atoms with Crippen LogP contribution in [0.3, 0.4) is 0 Å². The Labute approximate surface area is 159 Å². The van der Waals surface area contributed by atoms with E-state index in [0.29, 0.717) is 6.61 Å². The van der Waals surface area contributed by atoms with E-state index in [4.69, 9.17) is 4.74 Å². The summed E-state index contributed by atoms with van der Waals surface area (Å²) in [5.41, 5.74) is 3.54. The summed E-state index contributed by atoms with van der Waals surface area (Å²) in [4.78, 5) is 16.7. The van der Waals surface area contributed by atoms with E-state index in [1.807, 2.05) is 80.6 Å². The van der Waals surface area contributed by atoms with E-state index in [1.165, 1.54) is 0 Å². The van der Waals surface area contributed by atoms with E-state index in [2.05, 4.69) is 15.6 Å². The topological polar surface area (TPSA) is 63.2 Å². The molecule has 0 aliphatic carbocycles. The molecule has 1 amide bonds. The van der Waals surface area contributed by atoms with Crippen LogP contribution >= 0.6 is 0 Å². The Bertz CT molecular complexity index is 897. The fraction of sp³-hybridized carbons (Fsp3) is 0.182. The van der Waals surface area contributed by atoms with Gasteiger partial charge in [-0.15, -0.1) is 0 Å². The highest BCUT2D eigenvalue weighted by molar-refractivity contribution is 5.96. The summed E-state index contributed by atoms with van der Waals surface area (Å²) in [7, 11) is 0. The number of nitrogens with one attached hydrogen (secondary N) is 2. The van der Waals surface area contributed by atoms with Gasteiger partial charge in [0.05, 0.1) is 5.69 Å². The summed E-state index contributed by atoms with van der Waals surface area (Å²) in [5, 5.41) is 6.16. The Morgan fingerprint density at radius 1 is 1.07 bits per heavy atom. The van der Waals surface area contributed by atoms with Crippen molar-refractivity contribution in [3.8, 4) is 5.75 Å². The van der Waals surface area contributed by atoms with Crippen molar-refractivity contribution in [2.45, 2.75) is 26.5 Å². The molecular formula is C22H23N3O2. The number of ether oxygens (including phenoxy) is 1. The maximum Gasteiger partial charge on any atom is 0.246 e. The summed E-state index contributed by atoms with van der Waals surface area (Å²) in [6.45, 7) is 4.19. The van der Waals surface area contributed by atoms with Gasteiger partial charge in [0.15, 0.2) is 0 Å². The molecule has 0 saturated heterocycles. The largest absolute Gasteiger partial charge is 0.487 e. The zero-order valence-corrected chi connectivity index (χ0v) is 15.5. The Kier molecular flexibility index (Phi) is 6.05. The van der Waals surface area contributed by atoms with Crippen LogP contribution in [0.4, 0.5) is 11.4 Å². The average molecular weight is 361 g/mol. The molecule has 0 saturated carbocycles. The van der Waals surface area contributed by atoms with Crippen LogP contribution in [-0.4, -0.2) is 16.9 Å². The van der Waals surface area contributed by atoms with E-state index < -0.39 is 6.04 Å². The third-order valence-corrected chi connectivity index (χ3v) is 4.13. The predicted molar refractivity (Wildman–Crippen MR) is 108 cm³/mol. The van der Waals surface area contributed by atoms with Crippen LogP contribution in [0.1, 0.15) is 18.2 Å². The number of carbonyl (C=O) groups excluding carboxylic acids is 1. The minimum atomic E-state index is -0.393. The van der Waals surface area contributed by atoms with Gasteiger partial charge in [-0.2, -0.15) is 0 Å². The smallest absolute Gasteiger partial charge is 0.246 e. The molecule has 1 unspecified atom stereocenters. The fourth-order valence-electron chi connectivity index (χ4n) is 2.59. The fourth-order valence-corrected chi connectivity index (χ4v) is 2.59. The monoisotopic (exact) mass is 361 g/mol. The molecule has 138 valence electrons. The third kappa shape index (κ3) is 5.31. The number of para-hydroxylation sites is 1. The van der Waals surface area contributed by atoms with Crippen molar-refractivity contribution in [3.05, 3.63) is 84.2 Å². The number of nitrogens with zero attached hydrogens (tertiary/aromatic N) is 1. The molecule has 0 fully saturated rings. The number of anilines is 2. The molecule has 1 aromatic heterocycles. The third-order valence-electron chi connectivity index (χ3n) is 4.13. The minimum Gasteiger partial charge on any atom is -0.487 e. The van der Waals surface area contributed by atoms with Crippen LogP contribution in [0.25, 0.3) is 0 Å². The van der Waals surface area contributed by atoms with Gasteiger partial charge in [0, 0.05) is 23.6 Å². The van der Waals surface area contributed by atoms with Crippen molar-refractivity contribution >= 4 is 17.3 Å². The number of rotatable bonds is 7. The van der Waals surface area contributed by atoms with Crippen molar-refractivity contribution in [1.82, 2.24) is 4.98 Å². The van der Waals surface area contributed by atoms with Crippen LogP contribution < -0.4 is 15.4 Å². The van der Waals surface area contributed by atoms with Gasteiger partial charge in [-0.25, -0.2) is 0 Å². The van der Waals surface area contributed by atoms with Gasteiger partial charge in [-0.3, -0.25) is 9.78 Å². The first-order valence-electron chi connectivity index (χ1n) is 8.87. The highest BCUT2D eigenvalue weighted by Crippen LogP contribution is 2.20. The number of aromatic nitrogens is 1. The minimum absolute atomic E-state index is 0.0934. The van der Waals surface area contributed by atoms with Crippen molar-refractivity contribution in [3.63, 3.8) is 0 Å². The van der Waals surface area contributed by atoms with Crippen molar-refractivity contribution in [2.75, 3.05) is 10.6 Å². The molecule has 1 atom stereocenters. The first-order valence-corrected chi connectivity index (χ1v) is 8.87. The molecule has 0 radical (unpaired) electrons. The molecule has 2 N–H and O–H groups in total. The van der Waals surface area contributed by atoms with Crippen LogP contribution in [0.15, 0.2) is 72.9 Å². The van der Waals surface area contributed by atoms with Crippen molar-refractivity contribution in [1.29, 1.82) is 0 Å². The molecule has 27 heavy (non-hydrogen) atoms. The standard InChI is InChI=1S/C22H23N3O2/c1-16-8-3-4-12-21(16)25-22(26)17(2)24-18-10-7-11-20(14-18)27-15-19-9-5-6-13-23-19/h3-14,17,24H,15H2,1-2H3,(H,25,26). The lowest BCUT2D eigenvalue weighted by molar-refractivity contribution is -0.116. The quantitative estimate of drug-likeness (QED) is 0.654. The second kappa shape index (κ2) is 8.85. The molecule has 3 rings (SSSR count). The highest BCUT2D eigenvalue weighted by Gasteiger charge is 2.14. The first kappa shape index (κ1) is 18.5. The number of carbonyl (C=O) groups is 1. The molecule has 5 nitrogen and oxygen atoms in total. The molecule has 0 aliphatic heterocycles. The summed E-state index contributed by atoms with van der Waals surface area (Å²) in [5.74, 6) is 0.626. The molecule has 0 bridgehead atoms. The Morgan fingerprint density at radius 2 is 1.89 bits per heavy atom. The lowest BCUT2D eigenvalue weighted by atomic mass is 10.2. The Hall–Kier alpha value is -3.34. The summed E-state index contributed by atoms with van der Waals surface area (Å²) in [6.07, 6.45) is 1.74. The summed E-state index contributed by atoms with van der Waals surface area (Å²) < 4.78 is 5.78. The number of amides is 1. The van der Waals surface area contributed by atoms with E-state index in [-0.39, 0.29) is 5.91 Å². The lowest BCUT2D eigenvalue weighted by Gasteiger charge is -2.17. The molecule has 3 aromatic rings. The lowest BCUT2D eigenvalue weighted by Crippen LogP contribution is -2.32. The molecular weight excluding hydrogens is 338 g/mol. The number of hydrogen-bond donors (Lipinski definition) is 2. The molecule has 0 aliphatic rings. The average Bonchev–Trinajstić information content (AvgIpc) is 2.69. The predicted octanol–water partition coefficient (Wildman–Crippen LogP) is 4.41. The number of pyridine rings is 1. The maximum atomic E-state index is 12.5. The van der Waals surface area contributed by atoms with Crippen molar-refractivity contribution in [2.24, 2.45) is 0 Å². The van der Waals surface area contributed by atoms with E-state index in [0.717, 1.165) is 28.4 Å². The number of hydrogen-bond acceptors (Lipinski definition) is 4. The van der Waals surface area contributed by atoms with E-state index in [1.54, 1.807) is 6.20 Å².